The molecule has 160 valence electrons. The number of nitrogens with one attached hydrogen (secondary N) is 1. The van der Waals surface area contributed by atoms with Crippen molar-refractivity contribution in [2.24, 2.45) is 0 Å². The minimum absolute atomic E-state index is 0.0302. The maximum Gasteiger partial charge on any atom is 0.237 e. The first-order valence-corrected chi connectivity index (χ1v) is 10.6. The van der Waals surface area contributed by atoms with Gasteiger partial charge >= 0.3 is 0 Å². The molecule has 0 spiro atoms. The molecular formula is C26H28N2O3. The second-order valence-corrected chi connectivity index (χ2v) is 7.88. The summed E-state index contributed by atoms with van der Waals surface area (Å²) < 4.78 is 11.9. The number of rotatable bonds is 7. The van der Waals surface area contributed by atoms with Crippen molar-refractivity contribution in [3.8, 4) is 11.5 Å². The Morgan fingerprint density at radius 1 is 0.935 bits per heavy atom. The van der Waals surface area contributed by atoms with E-state index in [-0.39, 0.29) is 24.1 Å². The molecular weight excluding hydrogens is 388 g/mol. The lowest BCUT2D eigenvalue weighted by molar-refractivity contribution is -0.126. The van der Waals surface area contributed by atoms with Crippen molar-refractivity contribution in [2.75, 3.05) is 20.2 Å². The van der Waals surface area contributed by atoms with Crippen molar-refractivity contribution >= 4 is 5.91 Å². The van der Waals surface area contributed by atoms with Crippen molar-refractivity contribution in [2.45, 2.75) is 25.1 Å². The molecule has 0 bridgehead atoms. The van der Waals surface area contributed by atoms with Gasteiger partial charge in [0.25, 0.3) is 0 Å². The molecule has 1 amide bonds. The second kappa shape index (κ2) is 9.67. The largest absolute Gasteiger partial charge is 0.486 e. The number of nitrogens with zero attached hydrogens (tertiary/aromatic N) is 1. The van der Waals surface area contributed by atoms with Gasteiger partial charge in [0.15, 0.2) is 11.5 Å². The molecule has 3 aromatic carbocycles. The minimum atomic E-state index is -0.323. The van der Waals surface area contributed by atoms with Crippen molar-refractivity contribution in [3.05, 3.63) is 96.1 Å². The van der Waals surface area contributed by atoms with E-state index in [1.165, 1.54) is 0 Å². The Balaban J connectivity index is 1.42. The molecule has 3 aromatic rings. The molecule has 31 heavy (non-hydrogen) atoms. The molecule has 5 nitrogen and oxygen atoms in total. The molecule has 5 heteroatoms. The molecule has 2 atom stereocenters. The minimum Gasteiger partial charge on any atom is -0.486 e. The van der Waals surface area contributed by atoms with Crippen LogP contribution in [0.4, 0.5) is 0 Å². The van der Waals surface area contributed by atoms with E-state index in [1.54, 1.807) is 0 Å². The second-order valence-electron chi connectivity index (χ2n) is 7.88. The van der Waals surface area contributed by atoms with Gasteiger partial charge < -0.3 is 14.8 Å². The molecule has 0 fully saturated rings. The predicted molar refractivity (Wildman–Crippen MR) is 121 cm³/mol. The Bertz CT molecular complexity index is 954. The van der Waals surface area contributed by atoms with Gasteiger partial charge in [0.1, 0.15) is 12.7 Å². The van der Waals surface area contributed by atoms with Crippen LogP contribution in [0.25, 0.3) is 0 Å². The quantitative estimate of drug-likeness (QED) is 0.631. The van der Waals surface area contributed by atoms with E-state index in [1.807, 2.05) is 104 Å². The van der Waals surface area contributed by atoms with Crippen LogP contribution in [0.2, 0.25) is 0 Å². The van der Waals surface area contributed by atoms with E-state index < -0.39 is 0 Å². The average Bonchev–Trinajstić information content (AvgIpc) is 2.83. The number of ether oxygens (including phenoxy) is 2. The number of benzene rings is 3. The lowest BCUT2D eigenvalue weighted by Gasteiger charge is -2.32. The number of amides is 1. The number of hydrogen-bond acceptors (Lipinski definition) is 4. The molecule has 0 radical (unpaired) electrons. The maximum absolute atomic E-state index is 13.2. The van der Waals surface area contributed by atoms with E-state index in [4.69, 9.17) is 9.47 Å². The average molecular weight is 417 g/mol. The molecule has 0 saturated carbocycles. The highest BCUT2D eigenvalue weighted by molar-refractivity contribution is 5.82. The van der Waals surface area contributed by atoms with Crippen LogP contribution in [-0.4, -0.2) is 43.2 Å². The lowest BCUT2D eigenvalue weighted by atomic mass is 9.98. The third-order valence-corrected chi connectivity index (χ3v) is 5.65. The maximum atomic E-state index is 13.2. The number of carbonyl (C=O) groups is 1. The third-order valence-electron chi connectivity index (χ3n) is 5.65. The van der Waals surface area contributed by atoms with Gasteiger partial charge in [0.2, 0.25) is 5.91 Å². The summed E-state index contributed by atoms with van der Waals surface area (Å²) in [6.07, 6.45) is -0.130. The van der Waals surface area contributed by atoms with Gasteiger partial charge in [0.05, 0.1) is 12.1 Å². The van der Waals surface area contributed by atoms with Gasteiger partial charge in [-0.1, -0.05) is 72.8 Å². The summed E-state index contributed by atoms with van der Waals surface area (Å²) >= 11 is 0. The van der Waals surface area contributed by atoms with Crippen LogP contribution in [0.15, 0.2) is 84.9 Å². The van der Waals surface area contributed by atoms with Crippen LogP contribution >= 0.6 is 0 Å². The standard InChI is InChI=1S/C26H28N2O3/c1-19(28(2)17-22-18-30-23-15-9-10-16-24(23)31-22)26(29)27-25(20-11-5-3-6-12-20)21-13-7-4-8-14-21/h3-16,19,22,25H,17-18H2,1-2H3,(H,27,29)/t19-,22-/m1/s1. The van der Waals surface area contributed by atoms with Crippen LogP contribution in [0.1, 0.15) is 24.1 Å². The third kappa shape index (κ3) is 5.06. The topological polar surface area (TPSA) is 50.8 Å². The molecule has 0 aliphatic carbocycles. The number of fused-ring (bicyclic) bond motifs is 1. The summed E-state index contributed by atoms with van der Waals surface area (Å²) in [5.41, 5.74) is 2.11. The number of hydrogen-bond donors (Lipinski definition) is 1. The summed E-state index contributed by atoms with van der Waals surface area (Å²) in [5.74, 6) is 1.48. The SMILES string of the molecule is C[C@H](C(=O)NC(c1ccccc1)c1ccccc1)N(C)C[C@@H]1COc2ccccc2O1. The zero-order valence-electron chi connectivity index (χ0n) is 17.9. The van der Waals surface area contributed by atoms with Crippen LogP contribution < -0.4 is 14.8 Å². The Labute approximate surface area is 183 Å². The van der Waals surface area contributed by atoms with Crippen molar-refractivity contribution in [1.82, 2.24) is 10.2 Å². The highest BCUT2D eigenvalue weighted by Crippen LogP contribution is 2.31. The van der Waals surface area contributed by atoms with E-state index >= 15 is 0 Å². The monoisotopic (exact) mass is 416 g/mol. The smallest absolute Gasteiger partial charge is 0.237 e. The molecule has 1 heterocycles. The Morgan fingerprint density at radius 3 is 2.10 bits per heavy atom. The first-order chi connectivity index (χ1) is 15.1. The van der Waals surface area contributed by atoms with Gasteiger partial charge in [-0.25, -0.2) is 0 Å². The fourth-order valence-electron chi connectivity index (χ4n) is 3.75. The van der Waals surface area contributed by atoms with Crippen molar-refractivity contribution in [3.63, 3.8) is 0 Å². The number of likely N-dealkylation sites (N-methyl/N-ethyl adjacent to an activating group) is 1. The highest BCUT2D eigenvalue weighted by Gasteiger charge is 2.27. The zero-order chi connectivity index (χ0) is 21.6. The molecule has 0 saturated heterocycles. The van der Waals surface area contributed by atoms with Crippen molar-refractivity contribution in [1.29, 1.82) is 0 Å². The number of para-hydroxylation sites is 2. The Morgan fingerprint density at radius 2 is 1.48 bits per heavy atom. The molecule has 0 unspecified atom stereocenters. The zero-order valence-corrected chi connectivity index (χ0v) is 17.9. The normalized spacial score (nSPS) is 16.2. The molecule has 0 aromatic heterocycles. The van der Waals surface area contributed by atoms with Crippen LogP contribution in [0.3, 0.4) is 0 Å². The first-order valence-electron chi connectivity index (χ1n) is 10.6. The fraction of sp³-hybridized carbons (Fsp3) is 0.269. The van der Waals surface area contributed by atoms with Gasteiger partial charge in [-0.3, -0.25) is 9.69 Å². The van der Waals surface area contributed by atoms with Gasteiger partial charge in [-0.05, 0) is 37.2 Å². The summed E-state index contributed by atoms with van der Waals surface area (Å²) in [7, 11) is 1.94. The first kappa shape index (κ1) is 20.9. The molecule has 1 aliphatic heterocycles. The molecule has 1 aliphatic rings. The molecule has 4 rings (SSSR count). The summed E-state index contributed by atoms with van der Waals surface area (Å²) in [5, 5.41) is 3.23. The summed E-state index contributed by atoms with van der Waals surface area (Å²) in [6.45, 7) is 2.97. The van der Waals surface area contributed by atoms with Crippen LogP contribution in [0, 0.1) is 0 Å². The Hall–Kier alpha value is -3.31. The lowest BCUT2D eigenvalue weighted by Crippen LogP contribution is -2.49. The van der Waals surface area contributed by atoms with Crippen LogP contribution in [0.5, 0.6) is 11.5 Å². The van der Waals surface area contributed by atoms with Crippen LogP contribution in [-0.2, 0) is 4.79 Å². The van der Waals surface area contributed by atoms with Gasteiger partial charge in [-0.2, -0.15) is 0 Å². The predicted octanol–water partition coefficient (Wildman–Crippen LogP) is 4.05. The highest BCUT2D eigenvalue weighted by atomic mass is 16.6. The number of carbonyl (C=O) groups excluding carboxylic acids is 1. The fourth-order valence-corrected chi connectivity index (χ4v) is 3.75. The van der Waals surface area contributed by atoms with Crippen molar-refractivity contribution < 1.29 is 14.3 Å². The van der Waals surface area contributed by atoms with E-state index in [0.29, 0.717) is 13.2 Å². The molecule has 1 N–H and O–H groups in total. The summed E-state index contributed by atoms with van der Waals surface area (Å²) in [4.78, 5) is 15.2. The van der Waals surface area contributed by atoms with Gasteiger partial charge in [0, 0.05) is 6.54 Å². The van der Waals surface area contributed by atoms with Gasteiger partial charge in [-0.15, -0.1) is 0 Å². The van der Waals surface area contributed by atoms with E-state index in [9.17, 15) is 4.79 Å². The Kier molecular flexibility index (Phi) is 6.53. The van der Waals surface area contributed by atoms with E-state index in [0.717, 1.165) is 22.6 Å². The van der Waals surface area contributed by atoms with E-state index in [2.05, 4.69) is 5.32 Å². The summed E-state index contributed by atoms with van der Waals surface area (Å²) in [6, 6.07) is 27.2.